The molecular weight excluding hydrogens is 408 g/mol. The molecule has 1 aromatic heterocycles. The first-order chi connectivity index (χ1) is 14.9. The Labute approximate surface area is 187 Å². The van der Waals surface area contributed by atoms with Gasteiger partial charge in [0.1, 0.15) is 0 Å². The first kappa shape index (κ1) is 22.6. The van der Waals surface area contributed by atoms with Crippen molar-refractivity contribution in [2.24, 2.45) is 0 Å². The third-order valence-corrected chi connectivity index (χ3v) is 6.14. The maximum absolute atomic E-state index is 12.4. The van der Waals surface area contributed by atoms with Crippen molar-refractivity contribution in [1.82, 2.24) is 14.5 Å². The lowest BCUT2D eigenvalue weighted by molar-refractivity contribution is -0.113. The average molecular weight is 437 g/mol. The molecular formula is C24H28N4O2S. The number of imidazole rings is 1. The summed E-state index contributed by atoms with van der Waals surface area (Å²) in [5, 5.41) is 3.64. The van der Waals surface area contributed by atoms with E-state index in [9.17, 15) is 9.59 Å². The van der Waals surface area contributed by atoms with Gasteiger partial charge >= 0.3 is 0 Å². The minimum Gasteiger partial charge on any atom is -0.339 e. The number of nitrogens with zero attached hydrogens (tertiary/aromatic N) is 3. The van der Waals surface area contributed by atoms with E-state index in [1.807, 2.05) is 24.6 Å². The Bertz CT molecular complexity index is 1060. The van der Waals surface area contributed by atoms with Crippen molar-refractivity contribution in [2.45, 2.75) is 32.9 Å². The van der Waals surface area contributed by atoms with Crippen molar-refractivity contribution in [3.8, 4) is 5.69 Å². The lowest BCUT2D eigenvalue weighted by atomic mass is 10.1. The zero-order chi connectivity index (χ0) is 22.4. The van der Waals surface area contributed by atoms with E-state index in [-0.39, 0.29) is 17.6 Å². The van der Waals surface area contributed by atoms with Crippen LogP contribution in [0.15, 0.2) is 60.0 Å². The molecule has 6 nitrogen and oxygen atoms in total. The van der Waals surface area contributed by atoms with Crippen molar-refractivity contribution in [2.75, 3.05) is 24.2 Å². The molecule has 3 rings (SSSR count). The normalized spacial score (nSPS) is 10.7. The number of aromatic nitrogens is 2. The molecule has 0 unspecified atom stereocenters. The van der Waals surface area contributed by atoms with Crippen LogP contribution in [0.3, 0.4) is 0 Å². The van der Waals surface area contributed by atoms with Gasteiger partial charge in [-0.15, -0.1) is 0 Å². The van der Waals surface area contributed by atoms with Gasteiger partial charge in [-0.25, -0.2) is 4.98 Å². The van der Waals surface area contributed by atoms with Gasteiger partial charge in [-0.2, -0.15) is 0 Å². The number of aryl methyl sites for hydroxylation is 2. The van der Waals surface area contributed by atoms with E-state index < -0.39 is 0 Å². The largest absolute Gasteiger partial charge is 0.339 e. The topological polar surface area (TPSA) is 67.2 Å². The molecule has 0 aliphatic carbocycles. The van der Waals surface area contributed by atoms with Crippen LogP contribution in [0.4, 0.5) is 5.69 Å². The predicted octanol–water partition coefficient (Wildman–Crippen LogP) is 4.70. The molecule has 0 aliphatic heterocycles. The first-order valence-corrected chi connectivity index (χ1v) is 11.3. The minimum atomic E-state index is -0.123. The molecule has 0 bridgehead atoms. The number of carbonyl (C=O) groups is 2. The summed E-state index contributed by atoms with van der Waals surface area (Å²) < 4.78 is 1.98. The molecule has 2 amide bonds. The van der Waals surface area contributed by atoms with Gasteiger partial charge in [0.25, 0.3) is 5.91 Å². The maximum atomic E-state index is 12.4. The smallest absolute Gasteiger partial charge is 0.253 e. The Hall–Kier alpha value is -3.06. The van der Waals surface area contributed by atoms with Crippen LogP contribution in [-0.4, -0.2) is 45.1 Å². The highest BCUT2D eigenvalue weighted by Gasteiger charge is 2.13. The highest BCUT2D eigenvalue weighted by atomic mass is 32.2. The summed E-state index contributed by atoms with van der Waals surface area (Å²) in [5.41, 5.74) is 4.76. The minimum absolute atomic E-state index is 0.00314. The van der Waals surface area contributed by atoms with E-state index in [1.54, 1.807) is 35.4 Å². The molecule has 0 aliphatic rings. The number of rotatable bonds is 8. The van der Waals surface area contributed by atoms with Crippen molar-refractivity contribution in [1.29, 1.82) is 0 Å². The second-order valence-corrected chi connectivity index (χ2v) is 8.18. The van der Waals surface area contributed by atoms with Crippen LogP contribution < -0.4 is 5.32 Å². The van der Waals surface area contributed by atoms with Crippen LogP contribution in [0.25, 0.3) is 5.69 Å². The molecule has 1 heterocycles. The number of hydrogen-bond donors (Lipinski definition) is 1. The molecule has 7 heteroatoms. The summed E-state index contributed by atoms with van der Waals surface area (Å²) >= 11 is 1.38. The molecule has 0 spiro atoms. The monoisotopic (exact) mass is 436 g/mol. The predicted molar refractivity (Wildman–Crippen MR) is 126 cm³/mol. The van der Waals surface area contributed by atoms with Crippen LogP contribution in [0, 0.1) is 13.8 Å². The molecule has 162 valence electrons. The molecule has 0 saturated heterocycles. The van der Waals surface area contributed by atoms with E-state index in [0.717, 1.165) is 10.8 Å². The number of anilines is 1. The molecule has 1 N–H and O–H groups in total. The van der Waals surface area contributed by atoms with Crippen LogP contribution in [0.5, 0.6) is 0 Å². The van der Waals surface area contributed by atoms with Gasteiger partial charge in [-0.1, -0.05) is 17.8 Å². The molecule has 31 heavy (non-hydrogen) atoms. The summed E-state index contributed by atoms with van der Waals surface area (Å²) in [6.45, 7) is 9.42. The van der Waals surface area contributed by atoms with E-state index in [4.69, 9.17) is 0 Å². The van der Waals surface area contributed by atoms with Crippen LogP contribution >= 0.6 is 11.8 Å². The molecule has 0 atom stereocenters. The van der Waals surface area contributed by atoms with Gasteiger partial charge in [0, 0.05) is 42.4 Å². The molecule has 3 aromatic rings. The van der Waals surface area contributed by atoms with Crippen molar-refractivity contribution >= 4 is 29.3 Å². The van der Waals surface area contributed by atoms with Gasteiger partial charge < -0.3 is 10.2 Å². The molecule has 0 fully saturated rings. The Morgan fingerprint density at radius 3 is 2.39 bits per heavy atom. The SMILES string of the molecule is CCN(CC)C(=O)c1ccc(NC(=O)CSc2nccn2-c2ccc(C)c(C)c2)cc1. The summed E-state index contributed by atoms with van der Waals surface area (Å²) in [4.78, 5) is 31.0. The van der Waals surface area contributed by atoms with Gasteiger partial charge in [0.15, 0.2) is 5.16 Å². The number of thioether (sulfide) groups is 1. The number of hydrogen-bond acceptors (Lipinski definition) is 4. The fourth-order valence-electron chi connectivity index (χ4n) is 3.19. The van der Waals surface area contributed by atoms with E-state index in [0.29, 0.717) is 24.3 Å². The highest BCUT2D eigenvalue weighted by molar-refractivity contribution is 7.99. The Balaban J connectivity index is 1.59. The van der Waals surface area contributed by atoms with Crippen molar-refractivity contribution < 1.29 is 9.59 Å². The van der Waals surface area contributed by atoms with Crippen LogP contribution in [0.1, 0.15) is 35.3 Å². The van der Waals surface area contributed by atoms with E-state index in [2.05, 4.69) is 42.3 Å². The number of nitrogens with one attached hydrogen (secondary N) is 1. The third-order valence-electron chi connectivity index (χ3n) is 5.17. The van der Waals surface area contributed by atoms with Gasteiger partial charge in [-0.05, 0) is 75.2 Å². The lowest BCUT2D eigenvalue weighted by Crippen LogP contribution is -2.30. The molecule has 0 radical (unpaired) electrons. The van der Waals surface area contributed by atoms with E-state index >= 15 is 0 Å². The van der Waals surface area contributed by atoms with E-state index in [1.165, 1.54) is 22.9 Å². The first-order valence-electron chi connectivity index (χ1n) is 10.4. The van der Waals surface area contributed by atoms with Gasteiger partial charge in [0.05, 0.1) is 5.75 Å². The summed E-state index contributed by atoms with van der Waals surface area (Å²) in [7, 11) is 0. The van der Waals surface area contributed by atoms with Crippen LogP contribution in [0.2, 0.25) is 0 Å². The quantitative estimate of drug-likeness (QED) is 0.520. The summed E-state index contributed by atoms with van der Waals surface area (Å²) in [6, 6.07) is 13.3. The number of amides is 2. The second kappa shape index (κ2) is 10.3. The summed E-state index contributed by atoms with van der Waals surface area (Å²) in [6.07, 6.45) is 3.64. The molecule has 2 aromatic carbocycles. The number of benzene rings is 2. The fraction of sp³-hybridized carbons (Fsp3) is 0.292. The molecule has 0 saturated carbocycles. The highest BCUT2D eigenvalue weighted by Crippen LogP contribution is 2.22. The summed E-state index contributed by atoms with van der Waals surface area (Å²) in [5.74, 6) is 0.112. The average Bonchev–Trinajstić information content (AvgIpc) is 3.24. The van der Waals surface area contributed by atoms with Gasteiger partial charge in [0.2, 0.25) is 5.91 Å². The number of carbonyl (C=O) groups excluding carboxylic acids is 2. The lowest BCUT2D eigenvalue weighted by Gasteiger charge is -2.18. The Kier molecular flexibility index (Phi) is 7.52. The Morgan fingerprint density at radius 2 is 1.74 bits per heavy atom. The van der Waals surface area contributed by atoms with Crippen LogP contribution in [-0.2, 0) is 4.79 Å². The Morgan fingerprint density at radius 1 is 1.03 bits per heavy atom. The zero-order valence-corrected chi connectivity index (χ0v) is 19.2. The van der Waals surface area contributed by atoms with Gasteiger partial charge in [-0.3, -0.25) is 14.2 Å². The standard InChI is InChI=1S/C24H28N4O2S/c1-5-27(6-2)23(30)19-8-10-20(11-9-19)26-22(29)16-31-24-25-13-14-28(24)21-12-7-17(3)18(4)15-21/h7-15H,5-6,16H2,1-4H3,(H,26,29). The van der Waals surface area contributed by atoms with Crippen molar-refractivity contribution in [3.63, 3.8) is 0 Å². The fourth-order valence-corrected chi connectivity index (χ4v) is 3.96. The van der Waals surface area contributed by atoms with Crippen molar-refractivity contribution in [3.05, 3.63) is 71.5 Å². The second-order valence-electron chi connectivity index (χ2n) is 7.24. The third kappa shape index (κ3) is 5.55. The maximum Gasteiger partial charge on any atom is 0.253 e. The zero-order valence-electron chi connectivity index (χ0n) is 18.4.